The molecule has 0 N–H and O–H groups in total. The van der Waals surface area contributed by atoms with Gasteiger partial charge in [-0.05, 0) is 42.9 Å². The number of carbonyl (C=O) groups is 1. The summed E-state index contributed by atoms with van der Waals surface area (Å²) in [5.41, 5.74) is 3.41. The molecular weight excluding hydrogens is 472 g/mol. The fraction of sp³-hybridized carbons (Fsp3) is 0.259. The van der Waals surface area contributed by atoms with Crippen LogP contribution in [0.25, 0.3) is 17.1 Å². The zero-order valence-corrected chi connectivity index (χ0v) is 21.2. The number of hydrogen-bond donors (Lipinski definition) is 0. The Labute approximate surface area is 214 Å². The Morgan fingerprint density at radius 3 is 2.53 bits per heavy atom. The second-order valence-electron chi connectivity index (χ2n) is 8.60. The third-order valence-corrected chi connectivity index (χ3v) is 7.25. The van der Waals surface area contributed by atoms with Gasteiger partial charge in [-0.3, -0.25) is 14.3 Å². The molecule has 3 heterocycles. The van der Waals surface area contributed by atoms with Crippen molar-refractivity contribution in [2.75, 3.05) is 40.3 Å². The largest absolute Gasteiger partial charge is 0.495 e. The third kappa shape index (κ3) is 4.98. The summed E-state index contributed by atoms with van der Waals surface area (Å²) in [4.78, 5) is 21.8. The molecule has 5 rings (SSSR count). The number of pyridine rings is 1. The van der Waals surface area contributed by atoms with Gasteiger partial charge < -0.3 is 14.5 Å². The minimum absolute atomic E-state index is 0.0848. The molecule has 0 spiro atoms. The molecule has 1 fully saturated rings. The predicted molar refractivity (Wildman–Crippen MR) is 141 cm³/mol. The van der Waals surface area contributed by atoms with Crippen molar-refractivity contribution in [1.82, 2.24) is 29.5 Å². The number of rotatable bonds is 7. The maximum Gasteiger partial charge on any atom is 0.254 e. The van der Waals surface area contributed by atoms with Crippen LogP contribution >= 0.6 is 11.8 Å². The molecule has 0 saturated carbocycles. The smallest absolute Gasteiger partial charge is 0.254 e. The van der Waals surface area contributed by atoms with E-state index in [0.29, 0.717) is 16.7 Å². The van der Waals surface area contributed by atoms with Gasteiger partial charge in [0.1, 0.15) is 5.75 Å². The quantitative estimate of drug-likeness (QED) is 0.355. The Hall–Kier alpha value is -3.69. The van der Waals surface area contributed by atoms with Gasteiger partial charge in [-0.25, -0.2) is 0 Å². The number of para-hydroxylation sites is 2. The van der Waals surface area contributed by atoms with Gasteiger partial charge in [-0.2, -0.15) is 0 Å². The molecule has 0 bridgehead atoms. The normalized spacial score (nSPS) is 14.1. The van der Waals surface area contributed by atoms with Crippen molar-refractivity contribution < 1.29 is 9.53 Å². The van der Waals surface area contributed by atoms with Crippen LogP contribution in [0.2, 0.25) is 0 Å². The summed E-state index contributed by atoms with van der Waals surface area (Å²) in [6.45, 7) is 3.27. The van der Waals surface area contributed by atoms with Gasteiger partial charge in [0.15, 0.2) is 11.0 Å². The van der Waals surface area contributed by atoms with Crippen molar-refractivity contribution in [3.63, 3.8) is 0 Å². The highest BCUT2D eigenvalue weighted by Crippen LogP contribution is 2.34. The van der Waals surface area contributed by atoms with Gasteiger partial charge in [0.05, 0.1) is 12.8 Å². The lowest BCUT2D eigenvalue weighted by atomic mass is 10.1. The fourth-order valence-electron chi connectivity index (χ4n) is 4.25. The number of piperazine rings is 1. The summed E-state index contributed by atoms with van der Waals surface area (Å²) in [6.07, 6.45) is 3.51. The summed E-state index contributed by atoms with van der Waals surface area (Å²) < 4.78 is 7.64. The Balaban J connectivity index is 1.46. The average Bonchev–Trinajstić information content (AvgIpc) is 3.36. The highest BCUT2D eigenvalue weighted by molar-refractivity contribution is 7.98. The lowest BCUT2D eigenvalue weighted by Gasteiger charge is -2.32. The molecule has 184 valence electrons. The van der Waals surface area contributed by atoms with E-state index in [9.17, 15) is 4.79 Å². The number of nitrogens with zero attached hydrogens (tertiary/aromatic N) is 6. The molecule has 1 amide bonds. The average molecular weight is 501 g/mol. The first-order valence-electron chi connectivity index (χ1n) is 11.8. The number of amides is 1. The fourth-order valence-corrected chi connectivity index (χ4v) is 5.20. The molecule has 4 aromatic rings. The summed E-state index contributed by atoms with van der Waals surface area (Å²) in [6, 6.07) is 19.5. The molecule has 1 saturated heterocycles. The van der Waals surface area contributed by atoms with Gasteiger partial charge >= 0.3 is 0 Å². The molecule has 0 atom stereocenters. The standard InChI is InChI=1S/C27H28N6O2S/c1-31-14-16-32(17-15-31)26(34)22-10-4-3-8-21(22)19-36-27-30-29-25(20-9-7-13-28-18-20)33(27)23-11-5-6-12-24(23)35-2/h3-13,18H,14-17,19H2,1-2H3. The second-order valence-corrected chi connectivity index (χ2v) is 9.54. The maximum absolute atomic E-state index is 13.3. The zero-order valence-electron chi connectivity index (χ0n) is 20.4. The van der Waals surface area contributed by atoms with Gasteiger partial charge in [-0.1, -0.05) is 42.1 Å². The zero-order chi connectivity index (χ0) is 24.9. The molecule has 2 aromatic carbocycles. The van der Waals surface area contributed by atoms with Crippen molar-refractivity contribution in [1.29, 1.82) is 0 Å². The molecule has 36 heavy (non-hydrogen) atoms. The Kier molecular flexibility index (Phi) is 7.29. The lowest BCUT2D eigenvalue weighted by molar-refractivity contribution is 0.0663. The van der Waals surface area contributed by atoms with E-state index in [0.717, 1.165) is 54.3 Å². The summed E-state index contributed by atoms with van der Waals surface area (Å²) in [5.74, 6) is 2.06. The number of carbonyl (C=O) groups excluding carboxylic acids is 1. The summed E-state index contributed by atoms with van der Waals surface area (Å²) >= 11 is 1.54. The molecule has 0 aliphatic carbocycles. The number of aromatic nitrogens is 4. The van der Waals surface area contributed by atoms with Crippen LogP contribution in [-0.2, 0) is 5.75 Å². The van der Waals surface area contributed by atoms with E-state index in [1.165, 1.54) is 0 Å². The van der Waals surface area contributed by atoms with Crippen LogP contribution in [-0.4, -0.2) is 75.8 Å². The number of benzene rings is 2. The van der Waals surface area contributed by atoms with Gasteiger partial charge in [0.2, 0.25) is 0 Å². The number of hydrogen-bond acceptors (Lipinski definition) is 7. The summed E-state index contributed by atoms with van der Waals surface area (Å²) in [7, 11) is 3.74. The van der Waals surface area contributed by atoms with Crippen LogP contribution in [0, 0.1) is 0 Å². The number of thioether (sulfide) groups is 1. The molecule has 2 aromatic heterocycles. The van der Waals surface area contributed by atoms with E-state index >= 15 is 0 Å². The predicted octanol–water partition coefficient (Wildman–Crippen LogP) is 4.02. The van der Waals surface area contributed by atoms with E-state index in [1.807, 2.05) is 70.1 Å². The van der Waals surface area contributed by atoms with Crippen molar-refractivity contribution in [3.8, 4) is 22.8 Å². The van der Waals surface area contributed by atoms with E-state index in [2.05, 4.69) is 27.1 Å². The highest BCUT2D eigenvalue weighted by Gasteiger charge is 2.23. The molecule has 1 aliphatic rings. The van der Waals surface area contributed by atoms with Gasteiger partial charge in [0, 0.05) is 55.5 Å². The minimum atomic E-state index is 0.0848. The van der Waals surface area contributed by atoms with E-state index in [4.69, 9.17) is 4.74 Å². The molecule has 1 aliphatic heterocycles. The monoisotopic (exact) mass is 500 g/mol. The first-order valence-corrected chi connectivity index (χ1v) is 12.8. The van der Waals surface area contributed by atoms with E-state index in [1.54, 1.807) is 31.3 Å². The maximum atomic E-state index is 13.3. The topological polar surface area (TPSA) is 76.4 Å². The second kappa shape index (κ2) is 10.9. The molecule has 9 heteroatoms. The Morgan fingerprint density at radius 1 is 0.972 bits per heavy atom. The van der Waals surface area contributed by atoms with Crippen molar-refractivity contribution in [3.05, 3.63) is 84.2 Å². The summed E-state index contributed by atoms with van der Waals surface area (Å²) in [5, 5.41) is 9.74. The minimum Gasteiger partial charge on any atom is -0.495 e. The first-order chi connectivity index (χ1) is 17.7. The van der Waals surface area contributed by atoms with Crippen LogP contribution < -0.4 is 4.74 Å². The Morgan fingerprint density at radius 2 is 1.75 bits per heavy atom. The molecule has 0 unspecified atom stereocenters. The van der Waals surface area contributed by atoms with Crippen molar-refractivity contribution >= 4 is 17.7 Å². The lowest BCUT2D eigenvalue weighted by Crippen LogP contribution is -2.47. The van der Waals surface area contributed by atoms with Crippen molar-refractivity contribution in [2.45, 2.75) is 10.9 Å². The molecule has 8 nitrogen and oxygen atoms in total. The highest BCUT2D eigenvalue weighted by atomic mass is 32.2. The number of ether oxygens (including phenoxy) is 1. The van der Waals surface area contributed by atoms with Crippen LogP contribution in [0.1, 0.15) is 15.9 Å². The third-order valence-electron chi connectivity index (χ3n) is 6.27. The van der Waals surface area contributed by atoms with Gasteiger partial charge in [0.25, 0.3) is 5.91 Å². The Bertz CT molecular complexity index is 1340. The number of likely N-dealkylation sites (N-methyl/N-ethyl adjacent to an activating group) is 1. The van der Waals surface area contributed by atoms with Crippen molar-refractivity contribution in [2.24, 2.45) is 0 Å². The van der Waals surface area contributed by atoms with Gasteiger partial charge in [-0.15, -0.1) is 10.2 Å². The number of methoxy groups -OCH3 is 1. The van der Waals surface area contributed by atoms with E-state index in [-0.39, 0.29) is 5.91 Å². The molecular formula is C27H28N6O2S. The van der Waals surface area contributed by atoms with Crippen LogP contribution in [0.5, 0.6) is 5.75 Å². The van der Waals surface area contributed by atoms with Crippen LogP contribution in [0.3, 0.4) is 0 Å². The van der Waals surface area contributed by atoms with Crippen LogP contribution in [0.15, 0.2) is 78.2 Å². The first kappa shape index (κ1) is 24.0. The van der Waals surface area contributed by atoms with Crippen LogP contribution in [0.4, 0.5) is 0 Å². The molecule has 0 radical (unpaired) electrons. The van der Waals surface area contributed by atoms with E-state index < -0.39 is 0 Å². The SMILES string of the molecule is COc1ccccc1-n1c(SCc2ccccc2C(=O)N2CCN(C)CC2)nnc1-c1cccnc1.